The molecule has 0 atom stereocenters. The summed E-state index contributed by atoms with van der Waals surface area (Å²) in [5, 5.41) is 2.97. The number of ketones is 1. The second kappa shape index (κ2) is 8.23. The summed E-state index contributed by atoms with van der Waals surface area (Å²) in [7, 11) is 1.56. The van der Waals surface area contributed by atoms with Crippen LogP contribution in [-0.4, -0.2) is 25.5 Å². The molecule has 138 valence electrons. The van der Waals surface area contributed by atoms with E-state index in [9.17, 15) is 9.59 Å². The van der Waals surface area contributed by atoms with Gasteiger partial charge >= 0.3 is 5.97 Å². The average molecular weight is 365 g/mol. The average Bonchev–Trinajstić information content (AvgIpc) is 2.98. The van der Waals surface area contributed by atoms with Crippen LogP contribution in [0.4, 0.5) is 5.69 Å². The highest BCUT2D eigenvalue weighted by Gasteiger charge is 2.36. The van der Waals surface area contributed by atoms with Crippen molar-refractivity contribution in [2.45, 2.75) is 6.92 Å². The third-order valence-corrected chi connectivity index (χ3v) is 3.79. The van der Waals surface area contributed by atoms with Gasteiger partial charge in [-0.15, -0.1) is 0 Å². The van der Waals surface area contributed by atoms with E-state index in [1.54, 1.807) is 56.5 Å². The van der Waals surface area contributed by atoms with Crippen LogP contribution in [0.1, 0.15) is 12.5 Å². The van der Waals surface area contributed by atoms with Crippen LogP contribution in [0.15, 0.2) is 71.8 Å². The quantitative estimate of drug-likeness (QED) is 0.480. The smallest absolute Gasteiger partial charge is 0.347 e. The van der Waals surface area contributed by atoms with Gasteiger partial charge in [0.25, 0.3) is 0 Å². The van der Waals surface area contributed by atoms with E-state index in [0.29, 0.717) is 17.0 Å². The standard InChI is InChI=1S/C21H19NO5/c1-3-26-21(24)18-19(23)17(13-14-8-7-11-16(12-14)25-2)27-20(18)22-15-9-5-4-6-10-15/h4-13,22H,3H2,1-2H3/b17-13+. The molecule has 1 heterocycles. The lowest BCUT2D eigenvalue weighted by atomic mass is 10.1. The number of benzene rings is 2. The largest absolute Gasteiger partial charge is 0.497 e. The van der Waals surface area contributed by atoms with Gasteiger partial charge in [0.15, 0.2) is 11.3 Å². The Hall–Kier alpha value is -3.54. The summed E-state index contributed by atoms with van der Waals surface area (Å²) in [6.45, 7) is 1.83. The maximum atomic E-state index is 12.8. The number of ether oxygens (including phenoxy) is 3. The van der Waals surface area contributed by atoms with Crippen LogP contribution >= 0.6 is 0 Å². The van der Waals surface area contributed by atoms with Crippen molar-refractivity contribution in [1.29, 1.82) is 0 Å². The number of para-hydroxylation sites is 1. The van der Waals surface area contributed by atoms with Gasteiger partial charge in [-0.3, -0.25) is 4.79 Å². The minimum absolute atomic E-state index is 0.0322. The Labute approximate surface area is 157 Å². The number of rotatable bonds is 6. The Kier molecular flexibility index (Phi) is 5.56. The van der Waals surface area contributed by atoms with Crippen LogP contribution in [0.3, 0.4) is 0 Å². The molecule has 1 aliphatic heterocycles. The summed E-state index contributed by atoms with van der Waals surface area (Å²) < 4.78 is 15.9. The number of carbonyl (C=O) groups excluding carboxylic acids is 2. The van der Waals surface area contributed by atoms with Crippen LogP contribution in [0.5, 0.6) is 5.75 Å². The second-order valence-corrected chi connectivity index (χ2v) is 5.63. The summed E-state index contributed by atoms with van der Waals surface area (Å²) in [6, 6.07) is 16.3. The van der Waals surface area contributed by atoms with E-state index < -0.39 is 11.8 Å². The number of hydrogen-bond acceptors (Lipinski definition) is 6. The Morgan fingerprint density at radius 3 is 2.63 bits per heavy atom. The molecule has 0 fully saturated rings. The van der Waals surface area contributed by atoms with Crippen LogP contribution in [0.25, 0.3) is 6.08 Å². The number of anilines is 1. The van der Waals surface area contributed by atoms with Crippen LogP contribution < -0.4 is 10.1 Å². The summed E-state index contributed by atoms with van der Waals surface area (Å²) >= 11 is 0. The lowest BCUT2D eigenvalue weighted by molar-refractivity contribution is -0.139. The first-order chi connectivity index (χ1) is 13.1. The van der Waals surface area contributed by atoms with Crippen LogP contribution in [0, 0.1) is 0 Å². The zero-order valence-corrected chi connectivity index (χ0v) is 15.0. The maximum absolute atomic E-state index is 12.8. The predicted octanol–water partition coefficient (Wildman–Crippen LogP) is 3.52. The molecule has 0 radical (unpaired) electrons. The molecule has 6 nitrogen and oxygen atoms in total. The fourth-order valence-electron chi connectivity index (χ4n) is 2.54. The van der Waals surface area contributed by atoms with Gasteiger partial charge in [0.1, 0.15) is 5.75 Å². The molecular weight excluding hydrogens is 346 g/mol. The van der Waals surface area contributed by atoms with Gasteiger partial charge in [0.05, 0.1) is 13.7 Å². The highest BCUT2D eigenvalue weighted by Crippen LogP contribution is 2.29. The lowest BCUT2D eigenvalue weighted by Gasteiger charge is -2.08. The highest BCUT2D eigenvalue weighted by molar-refractivity contribution is 6.26. The maximum Gasteiger partial charge on any atom is 0.347 e. The topological polar surface area (TPSA) is 73.9 Å². The molecule has 0 unspecified atom stereocenters. The normalized spacial score (nSPS) is 14.9. The van der Waals surface area contributed by atoms with Gasteiger partial charge in [0, 0.05) is 5.69 Å². The first kappa shape index (κ1) is 18.3. The Morgan fingerprint density at radius 2 is 1.93 bits per heavy atom. The summed E-state index contributed by atoms with van der Waals surface area (Å²) in [5.74, 6) is -0.524. The third-order valence-electron chi connectivity index (χ3n) is 3.79. The van der Waals surface area contributed by atoms with Crippen LogP contribution in [-0.2, 0) is 19.1 Å². The number of hydrogen-bond donors (Lipinski definition) is 1. The molecule has 0 spiro atoms. The molecule has 0 aliphatic carbocycles. The molecule has 0 saturated carbocycles. The van der Waals surface area contributed by atoms with Gasteiger partial charge in [-0.25, -0.2) is 4.79 Å². The summed E-state index contributed by atoms with van der Waals surface area (Å²) in [6.07, 6.45) is 1.56. The van der Waals surface area contributed by atoms with Crippen molar-refractivity contribution in [1.82, 2.24) is 0 Å². The zero-order valence-electron chi connectivity index (χ0n) is 15.0. The van der Waals surface area contributed by atoms with Crippen molar-refractivity contribution in [2.24, 2.45) is 0 Å². The molecule has 2 aromatic carbocycles. The van der Waals surface area contributed by atoms with E-state index in [-0.39, 0.29) is 23.8 Å². The molecule has 2 aromatic rings. The van der Waals surface area contributed by atoms with Crippen molar-refractivity contribution in [2.75, 3.05) is 19.0 Å². The van der Waals surface area contributed by atoms with Crippen molar-refractivity contribution in [3.63, 3.8) is 0 Å². The molecule has 3 rings (SSSR count). The lowest BCUT2D eigenvalue weighted by Crippen LogP contribution is -2.16. The minimum atomic E-state index is -0.727. The molecule has 1 N–H and O–H groups in total. The van der Waals surface area contributed by atoms with Gasteiger partial charge < -0.3 is 19.5 Å². The number of methoxy groups -OCH3 is 1. The van der Waals surface area contributed by atoms with Gasteiger partial charge in [0.2, 0.25) is 11.7 Å². The first-order valence-corrected chi connectivity index (χ1v) is 8.44. The second-order valence-electron chi connectivity index (χ2n) is 5.63. The Bertz CT molecular complexity index is 915. The van der Waals surface area contributed by atoms with E-state index in [2.05, 4.69) is 5.32 Å². The third kappa shape index (κ3) is 4.17. The SMILES string of the molecule is CCOC(=O)C1=C(Nc2ccccc2)O/C(=C/c2cccc(OC)c2)C1=O. The number of Topliss-reactive ketones (excluding diaryl/α,β-unsaturated/α-hetero) is 1. The summed E-state index contributed by atoms with van der Waals surface area (Å²) in [4.78, 5) is 25.0. The Morgan fingerprint density at radius 1 is 1.15 bits per heavy atom. The highest BCUT2D eigenvalue weighted by atomic mass is 16.5. The molecule has 0 amide bonds. The molecule has 0 saturated heterocycles. The van der Waals surface area contributed by atoms with Gasteiger partial charge in [-0.2, -0.15) is 0 Å². The van der Waals surface area contributed by atoms with Crippen molar-refractivity contribution < 1.29 is 23.8 Å². The predicted molar refractivity (Wildman–Crippen MR) is 101 cm³/mol. The first-order valence-electron chi connectivity index (χ1n) is 8.44. The van der Waals surface area contributed by atoms with Gasteiger partial charge in [-0.1, -0.05) is 30.3 Å². The van der Waals surface area contributed by atoms with Crippen molar-refractivity contribution >= 4 is 23.5 Å². The zero-order chi connectivity index (χ0) is 19.2. The van der Waals surface area contributed by atoms with E-state index in [0.717, 1.165) is 0 Å². The Balaban J connectivity index is 1.93. The van der Waals surface area contributed by atoms with Crippen molar-refractivity contribution in [3.05, 3.63) is 77.4 Å². The number of esters is 1. The molecule has 1 aliphatic rings. The molecular formula is C21H19NO5. The number of carbonyl (C=O) groups is 2. The van der Waals surface area contributed by atoms with E-state index >= 15 is 0 Å². The molecule has 0 aromatic heterocycles. The molecule has 0 bridgehead atoms. The number of allylic oxidation sites excluding steroid dienone is 1. The minimum Gasteiger partial charge on any atom is -0.497 e. The van der Waals surface area contributed by atoms with Gasteiger partial charge in [-0.05, 0) is 42.8 Å². The van der Waals surface area contributed by atoms with E-state index in [1.807, 2.05) is 18.2 Å². The number of nitrogens with one attached hydrogen (secondary N) is 1. The monoisotopic (exact) mass is 365 g/mol. The molecule has 6 heteroatoms. The van der Waals surface area contributed by atoms with E-state index in [4.69, 9.17) is 14.2 Å². The van der Waals surface area contributed by atoms with Crippen LogP contribution in [0.2, 0.25) is 0 Å². The molecule has 27 heavy (non-hydrogen) atoms. The van der Waals surface area contributed by atoms with Crippen molar-refractivity contribution in [3.8, 4) is 5.75 Å². The van der Waals surface area contributed by atoms with E-state index in [1.165, 1.54) is 0 Å². The fourth-order valence-corrected chi connectivity index (χ4v) is 2.54. The summed E-state index contributed by atoms with van der Waals surface area (Å²) in [5.41, 5.74) is 1.24. The fraction of sp³-hybridized carbons (Fsp3) is 0.143.